The molecule has 8 nitrogen and oxygen atoms in total. The summed E-state index contributed by atoms with van der Waals surface area (Å²) in [6, 6.07) is 14.3. The molecule has 0 fully saturated rings. The number of anilines is 1. The molecule has 2 aromatic carbocycles. The summed E-state index contributed by atoms with van der Waals surface area (Å²) in [7, 11) is -2.44. The fourth-order valence-electron chi connectivity index (χ4n) is 2.83. The van der Waals surface area contributed by atoms with Crippen molar-refractivity contribution >= 4 is 21.7 Å². The van der Waals surface area contributed by atoms with Crippen LogP contribution in [0, 0.1) is 13.8 Å². The van der Waals surface area contributed by atoms with Gasteiger partial charge >= 0.3 is 10.1 Å². The monoisotopic (exact) mass is 456 g/mol. The van der Waals surface area contributed by atoms with Crippen LogP contribution < -0.4 is 14.2 Å². The summed E-state index contributed by atoms with van der Waals surface area (Å²) in [5, 5.41) is 2.73. The molecule has 168 valence electrons. The van der Waals surface area contributed by atoms with Crippen molar-refractivity contribution in [2.75, 3.05) is 25.6 Å². The van der Waals surface area contributed by atoms with Crippen LogP contribution in [0.5, 0.6) is 11.6 Å². The van der Waals surface area contributed by atoms with E-state index in [2.05, 4.69) is 10.3 Å². The second-order valence-electron chi connectivity index (χ2n) is 6.98. The van der Waals surface area contributed by atoms with Crippen molar-refractivity contribution < 1.29 is 26.9 Å². The SMILES string of the molecule is COCCOc1ncccc1NC(=O)c1ccc(OS(=O)(=O)c2cc(C)ccc2C)cc1. The van der Waals surface area contributed by atoms with Crippen molar-refractivity contribution in [1.29, 1.82) is 0 Å². The highest BCUT2D eigenvalue weighted by Gasteiger charge is 2.20. The van der Waals surface area contributed by atoms with Crippen molar-refractivity contribution in [1.82, 2.24) is 4.98 Å². The van der Waals surface area contributed by atoms with Gasteiger partial charge in [-0.15, -0.1) is 0 Å². The number of nitrogens with zero attached hydrogens (tertiary/aromatic N) is 1. The van der Waals surface area contributed by atoms with Gasteiger partial charge in [0.2, 0.25) is 5.88 Å². The molecule has 0 aliphatic carbocycles. The van der Waals surface area contributed by atoms with Crippen LogP contribution in [0.1, 0.15) is 21.5 Å². The molecule has 32 heavy (non-hydrogen) atoms. The van der Waals surface area contributed by atoms with Crippen LogP contribution in [0.15, 0.2) is 65.7 Å². The van der Waals surface area contributed by atoms with Gasteiger partial charge in [0.05, 0.1) is 6.61 Å². The molecular formula is C23H24N2O6S. The number of ether oxygens (including phenoxy) is 2. The lowest BCUT2D eigenvalue weighted by Crippen LogP contribution is -2.15. The number of aryl methyl sites for hydroxylation is 2. The Morgan fingerprint density at radius 1 is 1.03 bits per heavy atom. The van der Waals surface area contributed by atoms with E-state index >= 15 is 0 Å². The highest BCUT2D eigenvalue weighted by atomic mass is 32.2. The third-order valence-corrected chi connectivity index (χ3v) is 5.87. The van der Waals surface area contributed by atoms with E-state index in [0.29, 0.717) is 23.4 Å². The Bertz CT molecular complexity index is 1190. The standard InChI is InChI=1S/C23H24N2O6S/c1-16-6-7-17(2)21(15-16)32(27,28)31-19-10-8-18(9-11-19)22(26)25-20-5-4-12-24-23(20)30-14-13-29-3/h4-12,15H,13-14H2,1-3H3,(H,25,26). The van der Waals surface area contributed by atoms with Crippen molar-refractivity contribution in [2.24, 2.45) is 0 Å². The summed E-state index contributed by atoms with van der Waals surface area (Å²) in [4.78, 5) is 16.8. The van der Waals surface area contributed by atoms with Gasteiger partial charge in [-0.05, 0) is 67.4 Å². The molecule has 0 saturated heterocycles. The number of carbonyl (C=O) groups is 1. The topological polar surface area (TPSA) is 104 Å². The van der Waals surface area contributed by atoms with Crippen molar-refractivity contribution in [3.05, 3.63) is 77.5 Å². The van der Waals surface area contributed by atoms with E-state index < -0.39 is 16.0 Å². The van der Waals surface area contributed by atoms with Crippen molar-refractivity contribution in [3.63, 3.8) is 0 Å². The molecule has 0 saturated carbocycles. The van der Waals surface area contributed by atoms with Gasteiger partial charge in [-0.25, -0.2) is 4.98 Å². The molecule has 9 heteroatoms. The zero-order chi connectivity index (χ0) is 23.1. The normalized spacial score (nSPS) is 11.1. The summed E-state index contributed by atoms with van der Waals surface area (Å²) in [6.07, 6.45) is 1.56. The molecule has 0 spiro atoms. The van der Waals surface area contributed by atoms with Gasteiger partial charge in [0.15, 0.2) is 0 Å². The van der Waals surface area contributed by atoms with E-state index in [1.165, 1.54) is 24.3 Å². The van der Waals surface area contributed by atoms with E-state index in [9.17, 15) is 13.2 Å². The van der Waals surface area contributed by atoms with Gasteiger partial charge in [0.1, 0.15) is 22.9 Å². The summed E-state index contributed by atoms with van der Waals surface area (Å²) in [6.45, 7) is 4.19. The molecule has 1 heterocycles. The maximum Gasteiger partial charge on any atom is 0.339 e. The molecule has 0 atom stereocenters. The maximum absolute atomic E-state index is 12.6. The zero-order valence-electron chi connectivity index (χ0n) is 18.0. The lowest BCUT2D eigenvalue weighted by Gasteiger charge is -2.12. The van der Waals surface area contributed by atoms with Crippen LogP contribution in [0.4, 0.5) is 5.69 Å². The average molecular weight is 457 g/mol. The Kier molecular flexibility index (Phi) is 7.45. The van der Waals surface area contributed by atoms with Gasteiger partial charge < -0.3 is 19.0 Å². The number of methoxy groups -OCH3 is 1. The molecule has 3 aromatic rings. The molecule has 1 amide bonds. The summed E-state index contributed by atoms with van der Waals surface area (Å²) in [5.41, 5.74) is 2.12. The second kappa shape index (κ2) is 10.3. The molecule has 1 N–H and O–H groups in total. The number of amides is 1. The molecule has 1 aromatic heterocycles. The first-order valence-electron chi connectivity index (χ1n) is 9.80. The van der Waals surface area contributed by atoms with E-state index in [-0.39, 0.29) is 23.1 Å². The first-order valence-corrected chi connectivity index (χ1v) is 11.2. The smallest absolute Gasteiger partial charge is 0.339 e. The minimum Gasteiger partial charge on any atom is -0.474 e. The van der Waals surface area contributed by atoms with E-state index in [0.717, 1.165) is 5.56 Å². The van der Waals surface area contributed by atoms with Gasteiger partial charge in [-0.1, -0.05) is 12.1 Å². The van der Waals surface area contributed by atoms with E-state index in [1.807, 2.05) is 13.0 Å². The van der Waals surface area contributed by atoms with Crippen LogP contribution in [-0.2, 0) is 14.9 Å². The zero-order valence-corrected chi connectivity index (χ0v) is 18.8. The van der Waals surface area contributed by atoms with Crippen LogP contribution in [0.2, 0.25) is 0 Å². The minimum atomic E-state index is -4.00. The first-order chi connectivity index (χ1) is 15.3. The highest BCUT2D eigenvalue weighted by molar-refractivity contribution is 7.87. The maximum atomic E-state index is 12.6. The molecular weight excluding hydrogens is 432 g/mol. The average Bonchev–Trinajstić information content (AvgIpc) is 2.77. The second-order valence-corrected chi connectivity index (χ2v) is 8.50. The fourth-order valence-corrected chi connectivity index (χ4v) is 4.07. The summed E-state index contributed by atoms with van der Waals surface area (Å²) in [5.74, 6) is -0.0246. The number of rotatable bonds is 9. The Morgan fingerprint density at radius 3 is 2.50 bits per heavy atom. The van der Waals surface area contributed by atoms with Crippen molar-refractivity contribution in [3.8, 4) is 11.6 Å². The molecule has 0 aliphatic rings. The van der Waals surface area contributed by atoms with Gasteiger partial charge in [-0.2, -0.15) is 8.42 Å². The van der Waals surface area contributed by atoms with Crippen LogP contribution in [-0.4, -0.2) is 39.6 Å². The van der Waals surface area contributed by atoms with E-state index in [4.69, 9.17) is 13.7 Å². The predicted octanol–water partition coefficient (Wildman–Crippen LogP) is 3.74. The Hall–Kier alpha value is -3.43. The minimum absolute atomic E-state index is 0.104. The Labute approximate surface area is 187 Å². The summed E-state index contributed by atoms with van der Waals surface area (Å²) >= 11 is 0. The highest BCUT2D eigenvalue weighted by Crippen LogP contribution is 2.24. The largest absolute Gasteiger partial charge is 0.474 e. The third-order valence-electron chi connectivity index (χ3n) is 4.48. The number of carbonyl (C=O) groups excluding carboxylic acids is 1. The first kappa shape index (κ1) is 23.2. The van der Waals surface area contributed by atoms with Gasteiger partial charge in [-0.3, -0.25) is 4.79 Å². The van der Waals surface area contributed by atoms with Crippen LogP contribution >= 0.6 is 0 Å². The molecule has 0 unspecified atom stereocenters. The number of benzene rings is 2. The van der Waals surface area contributed by atoms with Crippen molar-refractivity contribution in [2.45, 2.75) is 18.7 Å². The molecule has 3 rings (SSSR count). The number of nitrogens with one attached hydrogen (secondary N) is 1. The number of pyridine rings is 1. The van der Waals surface area contributed by atoms with Crippen LogP contribution in [0.25, 0.3) is 0 Å². The predicted molar refractivity (Wildman–Crippen MR) is 120 cm³/mol. The Balaban J connectivity index is 1.71. The number of hydrogen-bond donors (Lipinski definition) is 1. The summed E-state index contributed by atoms with van der Waals surface area (Å²) < 4.78 is 41.0. The molecule has 0 aliphatic heterocycles. The van der Waals surface area contributed by atoms with E-state index in [1.54, 1.807) is 44.5 Å². The lowest BCUT2D eigenvalue weighted by molar-refractivity contribution is 0.102. The quantitative estimate of drug-likeness (QED) is 0.386. The number of aromatic nitrogens is 1. The molecule has 0 radical (unpaired) electrons. The van der Waals surface area contributed by atoms with Crippen LogP contribution in [0.3, 0.4) is 0 Å². The third kappa shape index (κ3) is 5.83. The lowest BCUT2D eigenvalue weighted by atomic mass is 10.2. The Morgan fingerprint density at radius 2 is 1.78 bits per heavy atom. The van der Waals surface area contributed by atoms with Gasteiger partial charge in [0, 0.05) is 18.9 Å². The fraction of sp³-hybridized carbons (Fsp3) is 0.217. The number of hydrogen-bond acceptors (Lipinski definition) is 7. The molecule has 0 bridgehead atoms. The van der Waals surface area contributed by atoms with Gasteiger partial charge in [0.25, 0.3) is 5.91 Å².